The highest BCUT2D eigenvalue weighted by molar-refractivity contribution is 5.94. The van der Waals surface area contributed by atoms with E-state index in [1.807, 2.05) is 4.90 Å². The topological polar surface area (TPSA) is 79.5 Å². The van der Waals surface area contributed by atoms with Crippen molar-refractivity contribution in [1.82, 2.24) is 9.88 Å². The van der Waals surface area contributed by atoms with Crippen molar-refractivity contribution in [1.29, 1.82) is 0 Å². The molecule has 0 aromatic carbocycles. The number of likely N-dealkylation sites (tertiary alicyclic amines) is 1. The molecule has 5 heteroatoms. The molecule has 1 aromatic rings. The number of rotatable bonds is 1. The molecule has 1 amide bonds. The van der Waals surface area contributed by atoms with Gasteiger partial charge in [-0.1, -0.05) is 0 Å². The molecule has 3 N–H and O–H groups in total. The van der Waals surface area contributed by atoms with E-state index in [1.165, 1.54) is 18.5 Å². The SMILES string of the molecule is NC1CCC2CN(C(=O)c3cncc(O)c3)CC12. The lowest BCUT2D eigenvalue weighted by Gasteiger charge is -2.18. The van der Waals surface area contributed by atoms with E-state index in [-0.39, 0.29) is 17.7 Å². The maximum absolute atomic E-state index is 12.3. The molecule has 3 unspecified atom stereocenters. The zero-order chi connectivity index (χ0) is 12.7. The van der Waals surface area contributed by atoms with Crippen LogP contribution in [-0.2, 0) is 0 Å². The molecule has 1 aliphatic heterocycles. The van der Waals surface area contributed by atoms with E-state index < -0.39 is 0 Å². The van der Waals surface area contributed by atoms with E-state index in [2.05, 4.69) is 4.98 Å². The van der Waals surface area contributed by atoms with Crippen LogP contribution in [0.15, 0.2) is 18.5 Å². The Balaban J connectivity index is 1.75. The Kier molecular flexibility index (Phi) is 2.70. The fraction of sp³-hybridized carbons (Fsp3) is 0.538. The zero-order valence-electron chi connectivity index (χ0n) is 10.1. The van der Waals surface area contributed by atoms with Crippen molar-refractivity contribution < 1.29 is 9.90 Å². The van der Waals surface area contributed by atoms with Crippen LogP contribution in [0.3, 0.4) is 0 Å². The van der Waals surface area contributed by atoms with Gasteiger partial charge in [0, 0.05) is 25.3 Å². The molecular weight excluding hydrogens is 230 g/mol. The second kappa shape index (κ2) is 4.24. The summed E-state index contributed by atoms with van der Waals surface area (Å²) in [6, 6.07) is 1.69. The van der Waals surface area contributed by atoms with Gasteiger partial charge in [-0.05, 0) is 30.7 Å². The minimum absolute atomic E-state index is 0.0249. The van der Waals surface area contributed by atoms with Crippen LogP contribution >= 0.6 is 0 Å². The fourth-order valence-corrected chi connectivity index (χ4v) is 3.20. The number of aromatic nitrogens is 1. The second-order valence-corrected chi connectivity index (χ2v) is 5.31. The van der Waals surface area contributed by atoms with Gasteiger partial charge in [-0.15, -0.1) is 0 Å². The smallest absolute Gasteiger partial charge is 0.255 e. The summed E-state index contributed by atoms with van der Waals surface area (Å²) >= 11 is 0. The van der Waals surface area contributed by atoms with Crippen LogP contribution in [0.2, 0.25) is 0 Å². The molecule has 0 spiro atoms. The van der Waals surface area contributed by atoms with Gasteiger partial charge < -0.3 is 15.7 Å². The summed E-state index contributed by atoms with van der Waals surface area (Å²) < 4.78 is 0. The van der Waals surface area contributed by atoms with E-state index in [1.54, 1.807) is 0 Å². The third kappa shape index (κ3) is 1.84. The predicted octanol–water partition coefficient (Wildman–Crippen LogP) is 0.596. The summed E-state index contributed by atoms with van der Waals surface area (Å²) in [5, 5.41) is 9.35. The molecule has 18 heavy (non-hydrogen) atoms. The van der Waals surface area contributed by atoms with Gasteiger partial charge in [0.15, 0.2) is 0 Å². The number of carbonyl (C=O) groups is 1. The van der Waals surface area contributed by atoms with E-state index in [0.717, 1.165) is 25.9 Å². The van der Waals surface area contributed by atoms with Gasteiger partial charge in [0.05, 0.1) is 11.8 Å². The highest BCUT2D eigenvalue weighted by Gasteiger charge is 2.42. The van der Waals surface area contributed by atoms with Crippen molar-refractivity contribution in [2.45, 2.75) is 18.9 Å². The number of nitrogens with two attached hydrogens (primary N) is 1. The maximum Gasteiger partial charge on any atom is 0.255 e. The summed E-state index contributed by atoms with van der Waals surface area (Å²) in [5.74, 6) is 0.963. The van der Waals surface area contributed by atoms with Crippen LogP contribution in [0.1, 0.15) is 23.2 Å². The Morgan fingerprint density at radius 2 is 2.22 bits per heavy atom. The van der Waals surface area contributed by atoms with Gasteiger partial charge in [0.2, 0.25) is 0 Å². The average Bonchev–Trinajstić information content (AvgIpc) is 2.91. The van der Waals surface area contributed by atoms with Gasteiger partial charge >= 0.3 is 0 Å². The molecule has 3 rings (SSSR count). The zero-order valence-corrected chi connectivity index (χ0v) is 10.1. The molecule has 3 atom stereocenters. The van der Waals surface area contributed by atoms with Crippen LogP contribution in [0.25, 0.3) is 0 Å². The van der Waals surface area contributed by atoms with Crippen molar-refractivity contribution >= 4 is 5.91 Å². The second-order valence-electron chi connectivity index (χ2n) is 5.31. The van der Waals surface area contributed by atoms with E-state index in [4.69, 9.17) is 5.73 Å². The summed E-state index contributed by atoms with van der Waals surface area (Å²) in [5.41, 5.74) is 6.50. The van der Waals surface area contributed by atoms with Gasteiger partial charge in [-0.3, -0.25) is 9.78 Å². The van der Waals surface area contributed by atoms with Gasteiger partial charge in [-0.25, -0.2) is 0 Å². The van der Waals surface area contributed by atoms with Crippen molar-refractivity contribution in [3.05, 3.63) is 24.0 Å². The van der Waals surface area contributed by atoms with Crippen molar-refractivity contribution in [3.8, 4) is 5.75 Å². The lowest BCUT2D eigenvalue weighted by atomic mass is 9.98. The number of nitrogens with zero attached hydrogens (tertiary/aromatic N) is 2. The third-order valence-corrected chi connectivity index (χ3v) is 4.17. The first-order chi connectivity index (χ1) is 8.65. The quantitative estimate of drug-likeness (QED) is 0.761. The van der Waals surface area contributed by atoms with Crippen LogP contribution in [0.5, 0.6) is 5.75 Å². The average molecular weight is 247 g/mol. The minimum atomic E-state index is -0.0556. The number of hydrogen-bond donors (Lipinski definition) is 2. The first-order valence-corrected chi connectivity index (χ1v) is 6.34. The molecule has 0 bridgehead atoms. The molecule has 1 aromatic heterocycles. The first-order valence-electron chi connectivity index (χ1n) is 6.34. The lowest BCUT2D eigenvalue weighted by molar-refractivity contribution is 0.0778. The summed E-state index contributed by atoms with van der Waals surface area (Å²) in [7, 11) is 0. The fourth-order valence-electron chi connectivity index (χ4n) is 3.20. The Bertz CT molecular complexity index is 477. The Morgan fingerprint density at radius 3 is 2.94 bits per heavy atom. The highest BCUT2D eigenvalue weighted by atomic mass is 16.3. The summed E-state index contributed by atoms with van der Waals surface area (Å²) in [4.78, 5) is 18.0. The first kappa shape index (κ1) is 11.5. The molecule has 2 aliphatic rings. The Hall–Kier alpha value is -1.62. The number of pyridine rings is 1. The van der Waals surface area contributed by atoms with E-state index in [0.29, 0.717) is 17.4 Å². The number of hydrogen-bond acceptors (Lipinski definition) is 4. The normalized spacial score (nSPS) is 30.5. The molecule has 1 aliphatic carbocycles. The van der Waals surface area contributed by atoms with Gasteiger partial charge in [0.25, 0.3) is 5.91 Å². The summed E-state index contributed by atoms with van der Waals surface area (Å²) in [6.45, 7) is 1.52. The number of fused-ring (bicyclic) bond motifs is 1. The summed E-state index contributed by atoms with van der Waals surface area (Å²) in [6.07, 6.45) is 5.01. The van der Waals surface area contributed by atoms with Crippen LogP contribution in [0.4, 0.5) is 0 Å². The van der Waals surface area contributed by atoms with Crippen molar-refractivity contribution in [2.75, 3.05) is 13.1 Å². The molecule has 1 saturated carbocycles. The number of aromatic hydroxyl groups is 1. The predicted molar refractivity (Wildman–Crippen MR) is 66.0 cm³/mol. The molecule has 5 nitrogen and oxygen atoms in total. The maximum atomic E-state index is 12.3. The van der Waals surface area contributed by atoms with Crippen molar-refractivity contribution in [2.24, 2.45) is 17.6 Å². The van der Waals surface area contributed by atoms with Gasteiger partial charge in [-0.2, -0.15) is 0 Å². The molecule has 2 heterocycles. The standard InChI is InChI=1S/C13H17N3O2/c14-12-2-1-8-6-16(7-11(8)12)13(18)9-3-10(17)5-15-4-9/h3-5,8,11-12,17H,1-2,6-7,14H2. The Morgan fingerprint density at radius 1 is 1.39 bits per heavy atom. The molecular formula is C13H17N3O2. The van der Waals surface area contributed by atoms with Crippen LogP contribution in [0, 0.1) is 11.8 Å². The minimum Gasteiger partial charge on any atom is -0.506 e. The lowest BCUT2D eigenvalue weighted by Crippen LogP contribution is -2.33. The van der Waals surface area contributed by atoms with Crippen LogP contribution in [-0.4, -0.2) is 40.0 Å². The molecule has 96 valence electrons. The number of carbonyl (C=O) groups excluding carboxylic acids is 1. The third-order valence-electron chi connectivity index (χ3n) is 4.17. The van der Waals surface area contributed by atoms with Gasteiger partial charge in [0.1, 0.15) is 5.75 Å². The van der Waals surface area contributed by atoms with Crippen LogP contribution < -0.4 is 5.73 Å². The van der Waals surface area contributed by atoms with E-state index >= 15 is 0 Å². The highest BCUT2D eigenvalue weighted by Crippen LogP contribution is 2.37. The molecule has 1 saturated heterocycles. The molecule has 0 radical (unpaired) electrons. The van der Waals surface area contributed by atoms with Crippen molar-refractivity contribution in [3.63, 3.8) is 0 Å². The van der Waals surface area contributed by atoms with E-state index in [9.17, 15) is 9.90 Å². The molecule has 2 fully saturated rings. The number of amides is 1. The Labute approximate surface area is 106 Å². The monoisotopic (exact) mass is 247 g/mol. The largest absolute Gasteiger partial charge is 0.506 e.